The minimum Gasteiger partial charge on any atom is -0.467 e. The number of nitrogens with zero attached hydrogens (tertiary/aromatic N) is 2. The van der Waals surface area contributed by atoms with Gasteiger partial charge in [0.2, 0.25) is 0 Å². The van der Waals surface area contributed by atoms with Crippen molar-refractivity contribution in [2.75, 3.05) is 4.90 Å². The number of fused-ring (bicyclic) bond motifs is 1. The number of carbonyl (C=O) groups is 1. The van der Waals surface area contributed by atoms with Gasteiger partial charge in [0.25, 0.3) is 5.91 Å². The van der Waals surface area contributed by atoms with Crippen molar-refractivity contribution in [2.24, 2.45) is 0 Å². The van der Waals surface area contributed by atoms with Crippen LogP contribution in [-0.2, 0) is 6.54 Å². The standard InChI is InChI=1S/C21H17FN2O2S/c1-13-9-14(2)19-18(10-13)23-21(27-19)24(12-17-7-4-8-26-17)20(25)15-5-3-6-16(22)11-15/h3-11H,12H2,1-2H3. The molecule has 6 heteroatoms. The first kappa shape index (κ1) is 17.4. The summed E-state index contributed by atoms with van der Waals surface area (Å²) in [5.74, 6) is -0.138. The Bertz CT molecular complexity index is 1120. The summed E-state index contributed by atoms with van der Waals surface area (Å²) in [4.78, 5) is 19.3. The Balaban J connectivity index is 1.80. The molecule has 0 N–H and O–H groups in total. The van der Waals surface area contributed by atoms with E-state index in [1.807, 2.05) is 19.9 Å². The Morgan fingerprint density at radius 3 is 2.78 bits per heavy atom. The van der Waals surface area contributed by atoms with E-state index in [1.54, 1.807) is 24.5 Å². The molecule has 136 valence electrons. The van der Waals surface area contributed by atoms with Gasteiger partial charge in [-0.2, -0.15) is 0 Å². The summed E-state index contributed by atoms with van der Waals surface area (Å²) in [6.45, 7) is 4.27. The number of benzene rings is 2. The fourth-order valence-electron chi connectivity index (χ4n) is 3.04. The first-order valence-corrected chi connectivity index (χ1v) is 9.30. The Kier molecular flexibility index (Phi) is 4.49. The normalized spacial score (nSPS) is 11.1. The number of amides is 1. The maximum Gasteiger partial charge on any atom is 0.260 e. The average molecular weight is 380 g/mol. The second kappa shape index (κ2) is 6.96. The molecule has 0 radical (unpaired) electrons. The van der Waals surface area contributed by atoms with E-state index in [0.29, 0.717) is 10.9 Å². The molecule has 2 aromatic carbocycles. The van der Waals surface area contributed by atoms with Crippen LogP contribution in [0.4, 0.5) is 9.52 Å². The smallest absolute Gasteiger partial charge is 0.260 e. The van der Waals surface area contributed by atoms with E-state index in [1.165, 1.54) is 34.4 Å². The summed E-state index contributed by atoms with van der Waals surface area (Å²) in [6.07, 6.45) is 1.56. The molecule has 27 heavy (non-hydrogen) atoms. The molecule has 1 amide bonds. The lowest BCUT2D eigenvalue weighted by molar-refractivity contribution is 0.0983. The first-order valence-electron chi connectivity index (χ1n) is 8.49. The number of halogens is 1. The Labute approximate surface area is 159 Å². The lowest BCUT2D eigenvalue weighted by Crippen LogP contribution is -2.30. The summed E-state index contributed by atoms with van der Waals surface area (Å²) >= 11 is 1.45. The van der Waals surface area contributed by atoms with Crippen molar-refractivity contribution in [3.05, 3.63) is 83.1 Å². The van der Waals surface area contributed by atoms with Crippen molar-refractivity contribution in [1.82, 2.24) is 4.98 Å². The van der Waals surface area contributed by atoms with Crippen LogP contribution in [0.3, 0.4) is 0 Å². The lowest BCUT2D eigenvalue weighted by Gasteiger charge is -2.18. The fourth-order valence-corrected chi connectivity index (χ4v) is 4.06. The lowest BCUT2D eigenvalue weighted by atomic mass is 10.1. The molecule has 0 aliphatic heterocycles. The summed E-state index contributed by atoms with van der Waals surface area (Å²) < 4.78 is 20.1. The summed E-state index contributed by atoms with van der Waals surface area (Å²) in [5.41, 5.74) is 3.36. The van der Waals surface area contributed by atoms with Crippen LogP contribution >= 0.6 is 11.3 Å². The van der Waals surface area contributed by atoms with Gasteiger partial charge in [-0.15, -0.1) is 0 Å². The third-order valence-electron chi connectivity index (χ3n) is 4.25. The maximum absolute atomic E-state index is 13.6. The van der Waals surface area contributed by atoms with Gasteiger partial charge < -0.3 is 4.42 Å². The van der Waals surface area contributed by atoms with E-state index in [4.69, 9.17) is 4.42 Å². The summed E-state index contributed by atoms with van der Waals surface area (Å²) in [6, 6.07) is 13.3. The first-order chi connectivity index (χ1) is 13.0. The van der Waals surface area contributed by atoms with Crippen molar-refractivity contribution in [2.45, 2.75) is 20.4 Å². The quantitative estimate of drug-likeness (QED) is 0.470. The van der Waals surface area contributed by atoms with E-state index < -0.39 is 5.82 Å². The Morgan fingerprint density at radius 2 is 2.04 bits per heavy atom. The number of anilines is 1. The molecular formula is C21H17FN2O2S. The molecule has 2 heterocycles. The predicted molar refractivity (Wildman–Crippen MR) is 105 cm³/mol. The van der Waals surface area contributed by atoms with Crippen LogP contribution in [0.1, 0.15) is 27.2 Å². The van der Waals surface area contributed by atoms with Gasteiger partial charge in [0.1, 0.15) is 11.6 Å². The molecule has 2 aromatic heterocycles. The van der Waals surface area contributed by atoms with Gasteiger partial charge in [-0.05, 0) is 61.4 Å². The highest BCUT2D eigenvalue weighted by Gasteiger charge is 2.23. The van der Waals surface area contributed by atoms with E-state index >= 15 is 0 Å². The molecule has 4 nitrogen and oxygen atoms in total. The largest absolute Gasteiger partial charge is 0.467 e. The van der Waals surface area contributed by atoms with E-state index in [0.717, 1.165) is 21.3 Å². The van der Waals surface area contributed by atoms with Gasteiger partial charge >= 0.3 is 0 Å². The number of rotatable bonds is 4. The van der Waals surface area contributed by atoms with Crippen molar-refractivity contribution < 1.29 is 13.6 Å². The van der Waals surface area contributed by atoms with Gasteiger partial charge in [-0.3, -0.25) is 9.69 Å². The zero-order chi connectivity index (χ0) is 19.0. The van der Waals surface area contributed by atoms with Crippen molar-refractivity contribution >= 4 is 32.6 Å². The topological polar surface area (TPSA) is 46.3 Å². The summed E-state index contributed by atoms with van der Waals surface area (Å²) in [5, 5.41) is 0.560. The molecule has 0 aliphatic carbocycles. The highest BCUT2D eigenvalue weighted by atomic mass is 32.1. The second-order valence-electron chi connectivity index (χ2n) is 6.41. The van der Waals surface area contributed by atoms with Gasteiger partial charge in [0.15, 0.2) is 5.13 Å². The number of furan rings is 1. The molecule has 0 unspecified atom stereocenters. The van der Waals surface area contributed by atoms with E-state index in [9.17, 15) is 9.18 Å². The van der Waals surface area contributed by atoms with Gasteiger partial charge in [0, 0.05) is 5.56 Å². The molecule has 0 saturated heterocycles. The minimum atomic E-state index is -0.449. The third-order valence-corrected chi connectivity index (χ3v) is 5.48. The van der Waals surface area contributed by atoms with Gasteiger partial charge in [-0.25, -0.2) is 9.37 Å². The zero-order valence-electron chi connectivity index (χ0n) is 14.9. The van der Waals surface area contributed by atoms with Crippen LogP contribution < -0.4 is 4.90 Å². The fraction of sp³-hybridized carbons (Fsp3) is 0.143. The van der Waals surface area contributed by atoms with Crippen LogP contribution in [0.2, 0.25) is 0 Å². The molecular weight excluding hydrogens is 363 g/mol. The Hall–Kier alpha value is -2.99. The van der Waals surface area contributed by atoms with Crippen LogP contribution in [0.25, 0.3) is 10.2 Å². The van der Waals surface area contributed by atoms with E-state index in [-0.39, 0.29) is 18.0 Å². The third kappa shape index (κ3) is 3.48. The Morgan fingerprint density at radius 1 is 1.19 bits per heavy atom. The number of aryl methyl sites for hydroxylation is 2. The number of carbonyl (C=O) groups excluding carboxylic acids is 1. The predicted octanol–water partition coefficient (Wildman–Crippen LogP) is 5.49. The van der Waals surface area contributed by atoms with Gasteiger partial charge in [0.05, 0.1) is 23.0 Å². The molecule has 0 atom stereocenters. The van der Waals surface area contributed by atoms with Crippen molar-refractivity contribution in [1.29, 1.82) is 0 Å². The average Bonchev–Trinajstić information content (AvgIpc) is 3.28. The second-order valence-corrected chi connectivity index (χ2v) is 7.39. The number of hydrogen-bond donors (Lipinski definition) is 0. The molecule has 4 rings (SSSR count). The molecule has 0 aliphatic rings. The van der Waals surface area contributed by atoms with Gasteiger partial charge in [-0.1, -0.05) is 23.5 Å². The van der Waals surface area contributed by atoms with E-state index in [2.05, 4.69) is 11.1 Å². The highest BCUT2D eigenvalue weighted by molar-refractivity contribution is 7.22. The maximum atomic E-state index is 13.6. The van der Waals surface area contributed by atoms with Crippen molar-refractivity contribution in [3.63, 3.8) is 0 Å². The SMILES string of the molecule is Cc1cc(C)c2sc(N(Cc3ccco3)C(=O)c3cccc(F)c3)nc2c1. The monoisotopic (exact) mass is 380 g/mol. The minimum absolute atomic E-state index is 0.222. The molecule has 4 aromatic rings. The number of hydrogen-bond acceptors (Lipinski definition) is 4. The van der Waals surface area contributed by atoms with Crippen LogP contribution in [0, 0.1) is 19.7 Å². The number of thiazole rings is 1. The van der Waals surface area contributed by atoms with Crippen LogP contribution in [-0.4, -0.2) is 10.9 Å². The molecule has 0 bridgehead atoms. The highest BCUT2D eigenvalue weighted by Crippen LogP contribution is 2.33. The van der Waals surface area contributed by atoms with Crippen molar-refractivity contribution in [3.8, 4) is 0 Å². The van der Waals surface area contributed by atoms with Crippen LogP contribution in [0.5, 0.6) is 0 Å². The molecule has 0 saturated carbocycles. The molecule has 0 fully saturated rings. The summed E-state index contributed by atoms with van der Waals surface area (Å²) in [7, 11) is 0. The van der Waals surface area contributed by atoms with Crippen LogP contribution in [0.15, 0.2) is 59.2 Å². The number of aromatic nitrogens is 1. The zero-order valence-corrected chi connectivity index (χ0v) is 15.7. The molecule has 0 spiro atoms.